The number of nitrogens with zero attached hydrogens (tertiary/aromatic N) is 2. The third-order valence-electron chi connectivity index (χ3n) is 4.62. The lowest BCUT2D eigenvalue weighted by atomic mass is 9.84. The molecule has 106 valence electrons. The van der Waals surface area contributed by atoms with E-state index >= 15 is 0 Å². The van der Waals surface area contributed by atoms with Crippen molar-refractivity contribution >= 4 is 0 Å². The van der Waals surface area contributed by atoms with Crippen LogP contribution in [-0.4, -0.2) is 33.6 Å². The van der Waals surface area contributed by atoms with Gasteiger partial charge in [-0.1, -0.05) is 32.8 Å². The van der Waals surface area contributed by atoms with Crippen LogP contribution in [-0.2, 0) is 0 Å². The van der Waals surface area contributed by atoms with Gasteiger partial charge in [0.25, 0.3) is 0 Å². The van der Waals surface area contributed by atoms with Gasteiger partial charge in [0.05, 0.1) is 11.6 Å². The highest BCUT2D eigenvalue weighted by atomic mass is 16.3. The van der Waals surface area contributed by atoms with Gasteiger partial charge in [0.1, 0.15) is 0 Å². The van der Waals surface area contributed by atoms with Crippen LogP contribution in [0.5, 0.6) is 0 Å². The topological polar surface area (TPSA) is 36.4 Å². The maximum absolute atomic E-state index is 10.9. The molecule has 3 nitrogen and oxygen atoms in total. The Morgan fingerprint density at radius 1 is 1.26 bits per heavy atom. The first-order chi connectivity index (χ1) is 9.14. The van der Waals surface area contributed by atoms with Crippen LogP contribution in [0.4, 0.5) is 0 Å². The molecule has 0 amide bonds. The summed E-state index contributed by atoms with van der Waals surface area (Å²) >= 11 is 0. The molecule has 0 bridgehead atoms. The van der Waals surface area contributed by atoms with Crippen LogP contribution in [0.15, 0.2) is 18.3 Å². The summed E-state index contributed by atoms with van der Waals surface area (Å²) in [6.07, 6.45) is 6.01. The Hall–Kier alpha value is -0.930. The number of aliphatic hydroxyl groups is 1. The summed E-state index contributed by atoms with van der Waals surface area (Å²) < 4.78 is 0. The number of pyridine rings is 1. The van der Waals surface area contributed by atoms with Gasteiger partial charge in [0.15, 0.2) is 0 Å². The highest BCUT2D eigenvalue weighted by molar-refractivity contribution is 5.21. The zero-order valence-electron chi connectivity index (χ0n) is 12.4. The summed E-state index contributed by atoms with van der Waals surface area (Å²) in [6, 6.07) is 4.01. The molecule has 0 saturated heterocycles. The van der Waals surface area contributed by atoms with Crippen LogP contribution in [0.1, 0.15) is 56.9 Å². The molecule has 0 radical (unpaired) electrons. The van der Waals surface area contributed by atoms with E-state index in [-0.39, 0.29) is 5.54 Å². The molecule has 1 saturated carbocycles. The zero-order chi connectivity index (χ0) is 13.9. The van der Waals surface area contributed by atoms with Crippen LogP contribution in [0.3, 0.4) is 0 Å². The molecule has 1 atom stereocenters. The van der Waals surface area contributed by atoms with E-state index in [4.69, 9.17) is 0 Å². The Balaban J connectivity index is 2.30. The first-order valence-electron chi connectivity index (χ1n) is 7.49. The summed E-state index contributed by atoms with van der Waals surface area (Å²) in [5, 5.41) is 10.9. The van der Waals surface area contributed by atoms with Gasteiger partial charge in [-0.05, 0) is 38.9 Å². The molecule has 1 unspecified atom stereocenters. The van der Waals surface area contributed by atoms with Crippen molar-refractivity contribution in [1.29, 1.82) is 0 Å². The van der Waals surface area contributed by atoms with E-state index in [1.165, 1.54) is 12.8 Å². The third-order valence-corrected chi connectivity index (χ3v) is 4.62. The molecule has 1 N–H and O–H groups in total. The smallest absolute Gasteiger partial charge is 0.0988 e. The quantitative estimate of drug-likeness (QED) is 0.886. The maximum Gasteiger partial charge on any atom is 0.0988 e. The van der Waals surface area contributed by atoms with Crippen molar-refractivity contribution in [2.24, 2.45) is 0 Å². The van der Waals surface area contributed by atoms with E-state index in [2.05, 4.69) is 23.7 Å². The van der Waals surface area contributed by atoms with Crippen molar-refractivity contribution in [3.8, 4) is 0 Å². The van der Waals surface area contributed by atoms with Crippen molar-refractivity contribution in [3.05, 3.63) is 29.6 Å². The normalized spacial score (nSPS) is 19.8. The number of aromatic nitrogens is 1. The largest absolute Gasteiger partial charge is 0.386 e. The van der Waals surface area contributed by atoms with Crippen LogP contribution in [0.25, 0.3) is 0 Å². The molecule has 2 rings (SSSR count). The Morgan fingerprint density at radius 2 is 1.89 bits per heavy atom. The second-order valence-electron chi connectivity index (χ2n) is 5.62. The average molecular weight is 262 g/mol. The highest BCUT2D eigenvalue weighted by Crippen LogP contribution is 2.44. The fourth-order valence-corrected chi connectivity index (χ4v) is 3.55. The summed E-state index contributed by atoms with van der Waals surface area (Å²) in [5.74, 6) is 0. The molecule has 1 aromatic heterocycles. The minimum atomic E-state index is -0.428. The van der Waals surface area contributed by atoms with Gasteiger partial charge in [0, 0.05) is 17.5 Å². The van der Waals surface area contributed by atoms with Gasteiger partial charge in [-0.15, -0.1) is 0 Å². The van der Waals surface area contributed by atoms with Gasteiger partial charge < -0.3 is 5.11 Å². The van der Waals surface area contributed by atoms with Crippen LogP contribution in [0.2, 0.25) is 0 Å². The van der Waals surface area contributed by atoms with Crippen molar-refractivity contribution < 1.29 is 5.11 Å². The van der Waals surface area contributed by atoms with Crippen molar-refractivity contribution in [2.75, 3.05) is 13.1 Å². The van der Waals surface area contributed by atoms with Gasteiger partial charge in [0.2, 0.25) is 0 Å². The summed E-state index contributed by atoms with van der Waals surface area (Å²) in [4.78, 5) is 6.77. The number of likely N-dealkylation sites (N-methyl/N-ethyl adjacent to an activating group) is 1. The second-order valence-corrected chi connectivity index (χ2v) is 5.62. The van der Waals surface area contributed by atoms with E-state index < -0.39 is 6.10 Å². The van der Waals surface area contributed by atoms with Crippen LogP contribution in [0, 0.1) is 6.92 Å². The molecule has 0 aliphatic heterocycles. The van der Waals surface area contributed by atoms with Crippen LogP contribution < -0.4 is 0 Å². The predicted octanol–water partition coefficient (Wildman–Crippen LogP) is 3.08. The van der Waals surface area contributed by atoms with Crippen molar-refractivity contribution in [3.63, 3.8) is 0 Å². The molecule has 1 aliphatic carbocycles. The zero-order valence-corrected chi connectivity index (χ0v) is 12.4. The van der Waals surface area contributed by atoms with E-state index in [0.29, 0.717) is 0 Å². The molecular formula is C16H26N2O. The van der Waals surface area contributed by atoms with E-state index in [9.17, 15) is 5.11 Å². The molecule has 0 spiro atoms. The Kier molecular flexibility index (Phi) is 4.58. The Bertz CT molecular complexity index is 392. The number of hydrogen-bond donors (Lipinski definition) is 1. The minimum absolute atomic E-state index is 0.0829. The minimum Gasteiger partial charge on any atom is -0.386 e. The van der Waals surface area contributed by atoms with Crippen LogP contribution >= 0.6 is 0 Å². The van der Waals surface area contributed by atoms with Crippen molar-refractivity contribution in [1.82, 2.24) is 9.88 Å². The van der Waals surface area contributed by atoms with Gasteiger partial charge in [-0.2, -0.15) is 0 Å². The molecule has 1 aromatic rings. The SMILES string of the molecule is CCN(CC)C1(C(O)c2ccc(C)nc2)CCCC1. The maximum atomic E-state index is 10.9. The standard InChI is InChI=1S/C16H26N2O/c1-4-18(5-2)16(10-6-7-11-16)15(19)14-9-8-13(3)17-12-14/h8-9,12,15,19H,4-7,10-11H2,1-3H3. The summed E-state index contributed by atoms with van der Waals surface area (Å²) in [7, 11) is 0. The summed E-state index contributed by atoms with van der Waals surface area (Å²) in [6.45, 7) is 8.33. The van der Waals surface area contributed by atoms with E-state index in [1.54, 1.807) is 0 Å². The van der Waals surface area contributed by atoms with Crippen molar-refractivity contribution in [2.45, 2.75) is 58.1 Å². The molecular weight excluding hydrogens is 236 g/mol. The lowest BCUT2D eigenvalue weighted by molar-refractivity contribution is -0.0270. The lowest BCUT2D eigenvalue weighted by Crippen LogP contribution is -2.51. The molecule has 0 aromatic carbocycles. The Labute approximate surface area is 116 Å². The fourth-order valence-electron chi connectivity index (χ4n) is 3.55. The second kappa shape index (κ2) is 6.02. The van der Waals surface area contributed by atoms with E-state index in [1.807, 2.05) is 25.3 Å². The molecule has 1 heterocycles. The van der Waals surface area contributed by atoms with E-state index in [0.717, 1.165) is 37.2 Å². The molecule has 1 aliphatic rings. The van der Waals surface area contributed by atoms with Gasteiger partial charge in [-0.25, -0.2) is 0 Å². The highest BCUT2D eigenvalue weighted by Gasteiger charge is 2.44. The lowest BCUT2D eigenvalue weighted by Gasteiger charge is -2.44. The predicted molar refractivity (Wildman–Crippen MR) is 78.1 cm³/mol. The molecule has 19 heavy (non-hydrogen) atoms. The molecule has 3 heteroatoms. The summed E-state index contributed by atoms with van der Waals surface area (Å²) in [5.41, 5.74) is 1.87. The molecule has 1 fully saturated rings. The Morgan fingerprint density at radius 3 is 2.37 bits per heavy atom. The third kappa shape index (κ3) is 2.67. The number of aliphatic hydroxyl groups excluding tert-OH is 1. The number of aryl methyl sites for hydroxylation is 1. The first kappa shape index (κ1) is 14.5. The average Bonchev–Trinajstić information content (AvgIpc) is 2.91. The fraction of sp³-hybridized carbons (Fsp3) is 0.688. The number of hydrogen-bond acceptors (Lipinski definition) is 3. The first-order valence-corrected chi connectivity index (χ1v) is 7.49. The number of rotatable bonds is 5. The van der Waals surface area contributed by atoms with Gasteiger partial charge in [-0.3, -0.25) is 9.88 Å². The monoisotopic (exact) mass is 262 g/mol. The van der Waals surface area contributed by atoms with Gasteiger partial charge >= 0.3 is 0 Å².